The summed E-state index contributed by atoms with van der Waals surface area (Å²) in [7, 11) is -3.68. The fourth-order valence-corrected chi connectivity index (χ4v) is 5.58. The Hall–Kier alpha value is -2.78. The Kier molecular flexibility index (Phi) is 7.09. The van der Waals surface area contributed by atoms with Crippen molar-refractivity contribution in [3.05, 3.63) is 47.5 Å². The molecule has 0 bridgehead atoms. The van der Waals surface area contributed by atoms with E-state index < -0.39 is 10.0 Å². The first-order valence-corrected chi connectivity index (χ1v) is 12.6. The topological polar surface area (TPSA) is 91.4 Å². The number of carbonyl (C=O) groups is 1. The van der Waals surface area contributed by atoms with Crippen molar-refractivity contribution < 1.29 is 32.2 Å². The molecule has 2 aromatic carbocycles. The van der Waals surface area contributed by atoms with Gasteiger partial charge in [0.1, 0.15) is 32.2 Å². The van der Waals surface area contributed by atoms with E-state index in [2.05, 4.69) is 0 Å². The largest absolute Gasteiger partial charge is 0.489 e. The van der Waals surface area contributed by atoms with Gasteiger partial charge in [0.25, 0.3) is 0 Å². The molecule has 0 amide bonds. The van der Waals surface area contributed by atoms with Crippen molar-refractivity contribution in [3.8, 4) is 17.2 Å². The van der Waals surface area contributed by atoms with Gasteiger partial charge >= 0.3 is 5.97 Å². The van der Waals surface area contributed by atoms with Crippen LogP contribution in [-0.2, 0) is 19.6 Å². The van der Waals surface area contributed by atoms with Gasteiger partial charge in [-0.25, -0.2) is 8.42 Å². The van der Waals surface area contributed by atoms with E-state index in [1.807, 2.05) is 32.0 Å². The molecule has 0 atom stereocenters. The average molecular weight is 476 g/mol. The van der Waals surface area contributed by atoms with Gasteiger partial charge in [-0.05, 0) is 49.9 Å². The third-order valence-electron chi connectivity index (χ3n) is 5.92. The minimum Gasteiger partial charge on any atom is -0.489 e. The third-order valence-corrected chi connectivity index (χ3v) is 7.82. The van der Waals surface area contributed by atoms with Crippen LogP contribution in [0.3, 0.4) is 0 Å². The van der Waals surface area contributed by atoms with Crippen LogP contribution in [0.5, 0.6) is 17.2 Å². The van der Waals surface area contributed by atoms with Crippen molar-refractivity contribution in [2.45, 2.75) is 31.6 Å². The van der Waals surface area contributed by atoms with Crippen molar-refractivity contribution >= 4 is 16.0 Å². The van der Waals surface area contributed by atoms with E-state index in [1.165, 1.54) is 16.4 Å². The number of benzene rings is 2. The number of nitrogens with zero attached hydrogens (tertiary/aromatic N) is 1. The Bertz CT molecular complexity index is 1090. The van der Waals surface area contributed by atoms with Crippen LogP contribution in [-0.4, -0.2) is 58.2 Å². The summed E-state index contributed by atoms with van der Waals surface area (Å²) in [4.78, 5) is 12.6. The van der Waals surface area contributed by atoms with Crippen LogP contribution in [0.1, 0.15) is 24.0 Å². The van der Waals surface area contributed by atoms with Crippen molar-refractivity contribution in [2.75, 3.05) is 39.5 Å². The molecule has 2 aliphatic heterocycles. The molecule has 1 saturated heterocycles. The van der Waals surface area contributed by atoms with E-state index in [-0.39, 0.29) is 43.1 Å². The molecule has 0 N–H and O–H groups in total. The van der Waals surface area contributed by atoms with Crippen LogP contribution in [0.2, 0.25) is 0 Å². The van der Waals surface area contributed by atoms with E-state index in [9.17, 15) is 13.2 Å². The van der Waals surface area contributed by atoms with Gasteiger partial charge in [0, 0.05) is 19.2 Å². The summed E-state index contributed by atoms with van der Waals surface area (Å²) < 4.78 is 49.6. The van der Waals surface area contributed by atoms with Crippen molar-refractivity contribution in [1.82, 2.24) is 4.31 Å². The summed E-state index contributed by atoms with van der Waals surface area (Å²) in [6, 6.07) is 10.6. The van der Waals surface area contributed by atoms with Gasteiger partial charge in [-0.3, -0.25) is 4.79 Å². The highest BCUT2D eigenvalue weighted by atomic mass is 32.2. The predicted octanol–water partition coefficient (Wildman–Crippen LogP) is 3.10. The third kappa shape index (κ3) is 5.25. The van der Waals surface area contributed by atoms with Crippen LogP contribution < -0.4 is 14.2 Å². The normalized spacial score (nSPS) is 16.9. The van der Waals surface area contributed by atoms with Crippen LogP contribution in [0.15, 0.2) is 41.3 Å². The molecule has 2 heterocycles. The van der Waals surface area contributed by atoms with Crippen molar-refractivity contribution in [1.29, 1.82) is 0 Å². The SMILES string of the molecule is Cc1cccc(C)c1OCCOC(=O)C1CCN(S(=O)(=O)c2ccc3c(c2)OCCO3)CC1. The Morgan fingerprint density at radius 1 is 1.00 bits per heavy atom. The molecule has 9 heteroatoms. The summed E-state index contributed by atoms with van der Waals surface area (Å²) in [6.45, 7) is 5.73. The highest BCUT2D eigenvalue weighted by Gasteiger charge is 2.33. The maximum atomic E-state index is 13.0. The number of hydrogen-bond acceptors (Lipinski definition) is 7. The Morgan fingerprint density at radius 2 is 1.67 bits per heavy atom. The second kappa shape index (κ2) is 10.0. The molecule has 178 valence electrons. The van der Waals surface area contributed by atoms with Gasteiger partial charge in [0.05, 0.1) is 10.8 Å². The predicted molar refractivity (Wildman–Crippen MR) is 121 cm³/mol. The van der Waals surface area contributed by atoms with Crippen molar-refractivity contribution in [3.63, 3.8) is 0 Å². The summed E-state index contributed by atoms with van der Waals surface area (Å²) in [5.41, 5.74) is 2.07. The zero-order valence-corrected chi connectivity index (χ0v) is 19.7. The maximum absolute atomic E-state index is 13.0. The number of sulfonamides is 1. The fraction of sp³-hybridized carbons (Fsp3) is 0.458. The van der Waals surface area contributed by atoms with Crippen LogP contribution in [0.4, 0.5) is 0 Å². The summed E-state index contributed by atoms with van der Waals surface area (Å²) in [5, 5.41) is 0. The first kappa shape index (κ1) is 23.4. The number of esters is 1. The zero-order valence-electron chi connectivity index (χ0n) is 18.9. The van der Waals surface area contributed by atoms with E-state index in [0.29, 0.717) is 37.6 Å². The highest BCUT2D eigenvalue weighted by molar-refractivity contribution is 7.89. The molecule has 0 aromatic heterocycles. The van der Waals surface area contributed by atoms with E-state index in [4.69, 9.17) is 18.9 Å². The lowest BCUT2D eigenvalue weighted by Crippen LogP contribution is -2.40. The molecule has 1 fully saturated rings. The molecule has 0 aliphatic carbocycles. The van der Waals surface area contributed by atoms with Gasteiger partial charge in [-0.2, -0.15) is 4.31 Å². The molecule has 0 unspecified atom stereocenters. The summed E-state index contributed by atoms with van der Waals surface area (Å²) >= 11 is 0. The average Bonchev–Trinajstić information content (AvgIpc) is 2.83. The number of para-hydroxylation sites is 1. The highest BCUT2D eigenvalue weighted by Crippen LogP contribution is 2.34. The Balaban J connectivity index is 1.26. The quantitative estimate of drug-likeness (QED) is 0.449. The van der Waals surface area contributed by atoms with Gasteiger partial charge in [0.2, 0.25) is 10.0 Å². The van der Waals surface area contributed by atoms with Crippen molar-refractivity contribution in [2.24, 2.45) is 5.92 Å². The van der Waals surface area contributed by atoms with Crippen LogP contribution >= 0.6 is 0 Å². The Morgan fingerprint density at radius 3 is 2.36 bits per heavy atom. The molecule has 4 rings (SSSR count). The number of carbonyl (C=O) groups excluding carboxylic acids is 1. The number of hydrogen-bond donors (Lipinski definition) is 0. The molecular formula is C24H29NO7S. The molecule has 0 spiro atoms. The number of rotatable bonds is 7. The molecule has 2 aliphatic rings. The molecule has 0 saturated carbocycles. The fourth-order valence-electron chi connectivity index (χ4n) is 4.10. The van der Waals surface area contributed by atoms with Gasteiger partial charge in [-0.15, -0.1) is 0 Å². The first-order chi connectivity index (χ1) is 15.9. The molecular weight excluding hydrogens is 446 g/mol. The summed E-state index contributed by atoms with van der Waals surface area (Å²) in [6.07, 6.45) is 0.834. The molecule has 0 radical (unpaired) electrons. The second-order valence-corrected chi connectivity index (χ2v) is 10.2. The standard InChI is InChI=1S/C24H29NO7S/c1-17-4-3-5-18(2)23(17)31-14-15-32-24(26)19-8-10-25(11-9-19)33(27,28)20-6-7-21-22(16-20)30-13-12-29-21/h3-7,16,19H,8-15H2,1-2H3. The number of aryl methyl sites for hydroxylation is 2. The summed E-state index contributed by atoms with van der Waals surface area (Å²) in [5.74, 6) is 1.16. The minimum atomic E-state index is -3.68. The van der Waals surface area contributed by atoms with E-state index in [0.717, 1.165) is 16.9 Å². The van der Waals surface area contributed by atoms with Gasteiger partial charge < -0.3 is 18.9 Å². The smallest absolute Gasteiger partial charge is 0.309 e. The van der Waals surface area contributed by atoms with Crippen LogP contribution in [0, 0.1) is 19.8 Å². The lowest BCUT2D eigenvalue weighted by Gasteiger charge is -2.30. The number of fused-ring (bicyclic) bond motifs is 1. The molecule has 2 aromatic rings. The van der Waals surface area contributed by atoms with Crippen LogP contribution in [0.25, 0.3) is 0 Å². The monoisotopic (exact) mass is 475 g/mol. The van der Waals surface area contributed by atoms with Gasteiger partial charge in [-0.1, -0.05) is 18.2 Å². The molecule has 33 heavy (non-hydrogen) atoms. The molecule has 8 nitrogen and oxygen atoms in total. The lowest BCUT2D eigenvalue weighted by atomic mass is 9.98. The van der Waals surface area contributed by atoms with Gasteiger partial charge in [0.15, 0.2) is 11.5 Å². The number of ether oxygens (including phenoxy) is 4. The zero-order chi connectivity index (χ0) is 23.4. The van der Waals surface area contributed by atoms with E-state index >= 15 is 0 Å². The lowest BCUT2D eigenvalue weighted by molar-refractivity contribution is -0.150. The van der Waals surface area contributed by atoms with E-state index in [1.54, 1.807) is 6.07 Å². The maximum Gasteiger partial charge on any atom is 0.309 e. The minimum absolute atomic E-state index is 0.155. The first-order valence-electron chi connectivity index (χ1n) is 11.1. The second-order valence-electron chi connectivity index (χ2n) is 8.22. The number of piperidine rings is 1. The Labute approximate surface area is 194 Å².